The monoisotopic (exact) mass is 280 g/mol. The van der Waals surface area contributed by atoms with E-state index < -0.39 is 5.97 Å². The van der Waals surface area contributed by atoms with Crippen molar-refractivity contribution in [3.63, 3.8) is 0 Å². The highest BCUT2D eigenvalue weighted by atomic mass is 79.9. The van der Waals surface area contributed by atoms with Crippen LogP contribution in [-0.4, -0.2) is 21.0 Å². The van der Waals surface area contributed by atoms with Gasteiger partial charge in [-0.1, -0.05) is 0 Å². The van der Waals surface area contributed by atoms with Gasteiger partial charge in [0.1, 0.15) is 9.21 Å². The average molecular weight is 282 g/mol. The minimum Gasteiger partial charge on any atom is -0.476 e. The molecule has 0 radical (unpaired) electrons. The van der Waals surface area contributed by atoms with E-state index in [1.54, 1.807) is 0 Å². The Morgan fingerprint density at radius 3 is 2.64 bits per heavy atom. The van der Waals surface area contributed by atoms with Gasteiger partial charge < -0.3 is 5.11 Å². The van der Waals surface area contributed by atoms with Crippen LogP contribution in [0.1, 0.15) is 10.5 Å². The topological polar surface area (TPSA) is 63.1 Å². The maximum Gasteiger partial charge on any atom is 0.357 e. The molecule has 1 aromatic heterocycles. The molecular weight excluding hydrogens is 280 g/mol. The Bertz CT molecular complexity index is 303. The molecule has 1 rings (SSSR count). The highest BCUT2D eigenvalue weighted by Gasteiger charge is 2.10. The van der Waals surface area contributed by atoms with Gasteiger partial charge in [-0.2, -0.15) is 0 Å². The lowest BCUT2D eigenvalue weighted by Gasteiger charge is -1.95. The molecule has 1 heterocycles. The van der Waals surface area contributed by atoms with Gasteiger partial charge in [0.25, 0.3) is 0 Å². The Labute approximate surface area is 78.9 Å². The molecule has 11 heavy (non-hydrogen) atoms. The molecule has 0 aliphatic carbocycles. The van der Waals surface area contributed by atoms with Gasteiger partial charge in [-0.05, 0) is 31.9 Å². The lowest BCUT2D eigenvalue weighted by atomic mass is 10.5. The van der Waals surface area contributed by atoms with Gasteiger partial charge >= 0.3 is 5.97 Å². The van der Waals surface area contributed by atoms with E-state index in [-0.39, 0.29) is 10.3 Å². The number of hydrogen-bond donors (Lipinski definition) is 1. The summed E-state index contributed by atoms with van der Waals surface area (Å²) in [7, 11) is 0. The summed E-state index contributed by atoms with van der Waals surface area (Å²) in [5.74, 6) is -1.10. The second kappa shape index (κ2) is 3.27. The van der Waals surface area contributed by atoms with Crippen molar-refractivity contribution in [2.45, 2.75) is 0 Å². The molecular formula is C5H2Br2N2O2. The van der Waals surface area contributed by atoms with Gasteiger partial charge in [-0.25, -0.2) is 14.8 Å². The third-order valence-electron chi connectivity index (χ3n) is 0.903. The second-order valence-electron chi connectivity index (χ2n) is 1.64. The van der Waals surface area contributed by atoms with Crippen LogP contribution in [-0.2, 0) is 0 Å². The molecule has 0 aromatic carbocycles. The van der Waals surface area contributed by atoms with E-state index in [1.165, 1.54) is 6.20 Å². The average Bonchev–Trinajstić information content (AvgIpc) is 1.85. The third kappa shape index (κ3) is 1.97. The van der Waals surface area contributed by atoms with Gasteiger partial charge in [0.05, 0.1) is 6.20 Å². The van der Waals surface area contributed by atoms with Crippen molar-refractivity contribution in [1.29, 1.82) is 0 Å². The molecule has 0 unspecified atom stereocenters. The predicted octanol–water partition coefficient (Wildman–Crippen LogP) is 1.70. The maximum atomic E-state index is 10.4. The lowest BCUT2D eigenvalue weighted by Crippen LogP contribution is -2.02. The first-order valence-corrected chi connectivity index (χ1v) is 4.11. The van der Waals surface area contributed by atoms with Crippen molar-refractivity contribution in [2.75, 3.05) is 0 Å². The van der Waals surface area contributed by atoms with Crippen LogP contribution < -0.4 is 0 Å². The van der Waals surface area contributed by atoms with E-state index in [0.29, 0.717) is 4.60 Å². The molecule has 58 valence electrons. The summed E-state index contributed by atoms with van der Waals surface area (Å²) in [6.07, 6.45) is 1.33. The normalized spacial score (nSPS) is 9.64. The lowest BCUT2D eigenvalue weighted by molar-refractivity contribution is 0.0688. The summed E-state index contributed by atoms with van der Waals surface area (Å²) < 4.78 is 0.716. The summed E-state index contributed by atoms with van der Waals surface area (Å²) in [6, 6.07) is 0. The van der Waals surface area contributed by atoms with Gasteiger partial charge in [-0.3, -0.25) is 0 Å². The molecule has 0 spiro atoms. The van der Waals surface area contributed by atoms with Crippen molar-refractivity contribution in [3.8, 4) is 0 Å². The number of carboxylic acid groups (broad SMARTS) is 1. The van der Waals surface area contributed by atoms with E-state index in [9.17, 15) is 4.79 Å². The molecule has 0 saturated heterocycles. The van der Waals surface area contributed by atoms with Gasteiger partial charge in [-0.15, -0.1) is 0 Å². The van der Waals surface area contributed by atoms with Crippen molar-refractivity contribution in [2.24, 2.45) is 0 Å². The highest BCUT2D eigenvalue weighted by Crippen LogP contribution is 2.14. The van der Waals surface area contributed by atoms with E-state index in [1.807, 2.05) is 0 Å². The smallest absolute Gasteiger partial charge is 0.357 e. The molecule has 0 atom stereocenters. The minimum absolute atomic E-state index is 0.0896. The molecule has 0 aliphatic rings. The van der Waals surface area contributed by atoms with Crippen LogP contribution in [0, 0.1) is 0 Å². The highest BCUT2D eigenvalue weighted by molar-refractivity contribution is 9.11. The second-order valence-corrected chi connectivity index (χ2v) is 3.20. The Balaban J connectivity index is 3.20. The number of rotatable bonds is 1. The van der Waals surface area contributed by atoms with Crippen molar-refractivity contribution in [3.05, 3.63) is 21.1 Å². The molecule has 4 nitrogen and oxygen atoms in total. The summed E-state index contributed by atoms with van der Waals surface area (Å²) >= 11 is 6.01. The minimum atomic E-state index is -1.10. The predicted molar refractivity (Wildman–Crippen MR) is 44.4 cm³/mol. The van der Waals surface area contributed by atoms with Crippen LogP contribution in [0.5, 0.6) is 0 Å². The Hall–Kier alpha value is -0.490. The van der Waals surface area contributed by atoms with Crippen LogP contribution in [0.4, 0.5) is 0 Å². The Kier molecular flexibility index (Phi) is 2.56. The molecule has 1 N–H and O–H groups in total. The van der Waals surface area contributed by atoms with Gasteiger partial charge in [0.2, 0.25) is 0 Å². The fourth-order valence-electron chi connectivity index (χ4n) is 0.490. The number of hydrogen-bond acceptors (Lipinski definition) is 3. The van der Waals surface area contributed by atoms with Gasteiger partial charge in [0.15, 0.2) is 5.69 Å². The molecule has 0 bridgehead atoms. The number of aromatic carboxylic acids is 1. The zero-order valence-corrected chi connectivity index (χ0v) is 8.26. The molecule has 0 aliphatic heterocycles. The summed E-state index contributed by atoms with van der Waals surface area (Å²) in [5.41, 5.74) is -0.0896. The molecule has 1 aromatic rings. The number of aromatic nitrogens is 2. The first-order valence-electron chi connectivity index (χ1n) is 2.52. The maximum absolute atomic E-state index is 10.4. The summed E-state index contributed by atoms with van der Waals surface area (Å²) in [6.45, 7) is 0. The Morgan fingerprint density at radius 1 is 1.55 bits per heavy atom. The number of halogens is 2. The van der Waals surface area contributed by atoms with Crippen LogP contribution in [0.2, 0.25) is 0 Å². The standard InChI is InChI=1S/C5H2Br2N2O2/c6-2-1-8-3(5(10)11)4(7)9-2/h1H,(H,10,11). The van der Waals surface area contributed by atoms with Crippen LogP contribution in [0.15, 0.2) is 15.4 Å². The number of carboxylic acids is 1. The van der Waals surface area contributed by atoms with Crippen molar-refractivity contribution in [1.82, 2.24) is 9.97 Å². The van der Waals surface area contributed by atoms with E-state index in [0.717, 1.165) is 0 Å². The first-order chi connectivity index (χ1) is 5.11. The number of nitrogens with zero attached hydrogens (tertiary/aromatic N) is 2. The zero-order valence-electron chi connectivity index (χ0n) is 5.08. The zero-order chi connectivity index (χ0) is 8.43. The van der Waals surface area contributed by atoms with E-state index in [2.05, 4.69) is 41.8 Å². The van der Waals surface area contributed by atoms with Crippen LogP contribution in [0.25, 0.3) is 0 Å². The largest absolute Gasteiger partial charge is 0.476 e. The quantitative estimate of drug-likeness (QED) is 0.851. The molecule has 6 heteroatoms. The van der Waals surface area contributed by atoms with E-state index in [4.69, 9.17) is 5.11 Å². The molecule has 0 amide bonds. The van der Waals surface area contributed by atoms with Crippen molar-refractivity contribution < 1.29 is 9.90 Å². The Morgan fingerprint density at radius 2 is 2.18 bits per heavy atom. The molecule has 0 saturated carbocycles. The van der Waals surface area contributed by atoms with Crippen molar-refractivity contribution >= 4 is 37.8 Å². The van der Waals surface area contributed by atoms with E-state index >= 15 is 0 Å². The number of carbonyl (C=O) groups is 1. The molecule has 0 fully saturated rings. The SMILES string of the molecule is O=C(O)c1ncc(Br)nc1Br. The fourth-order valence-corrected chi connectivity index (χ4v) is 1.47. The third-order valence-corrected chi connectivity index (χ3v) is 1.84. The van der Waals surface area contributed by atoms with Gasteiger partial charge in [0, 0.05) is 0 Å². The fraction of sp³-hybridized carbons (Fsp3) is 0. The first kappa shape index (κ1) is 8.61. The van der Waals surface area contributed by atoms with Crippen LogP contribution >= 0.6 is 31.9 Å². The summed E-state index contributed by atoms with van der Waals surface area (Å²) in [4.78, 5) is 17.8. The van der Waals surface area contributed by atoms with Crippen LogP contribution in [0.3, 0.4) is 0 Å². The summed E-state index contributed by atoms with van der Waals surface area (Å²) in [5, 5.41) is 8.51.